The van der Waals surface area contributed by atoms with E-state index in [0.29, 0.717) is 22.2 Å². The van der Waals surface area contributed by atoms with Gasteiger partial charge in [-0.2, -0.15) is 5.10 Å². The molecule has 0 saturated carbocycles. The number of aromatic amines is 1. The first-order valence-corrected chi connectivity index (χ1v) is 10.9. The van der Waals surface area contributed by atoms with Gasteiger partial charge in [0.05, 0.1) is 31.3 Å². The van der Waals surface area contributed by atoms with Gasteiger partial charge in [-0.1, -0.05) is 30.3 Å². The van der Waals surface area contributed by atoms with Gasteiger partial charge in [0, 0.05) is 11.3 Å². The Hall–Kier alpha value is -4.86. The van der Waals surface area contributed by atoms with Crippen molar-refractivity contribution in [2.45, 2.75) is 6.92 Å². The molecule has 0 spiro atoms. The number of nitrogens with zero attached hydrogens (tertiary/aromatic N) is 2. The quantitative estimate of drug-likeness (QED) is 0.368. The summed E-state index contributed by atoms with van der Waals surface area (Å²) in [6, 6.07) is 17.2. The number of aromatic nitrogens is 2. The molecule has 4 aromatic rings. The highest BCUT2D eigenvalue weighted by molar-refractivity contribution is 5.92. The van der Waals surface area contributed by atoms with Crippen molar-refractivity contribution < 1.29 is 19.0 Å². The summed E-state index contributed by atoms with van der Waals surface area (Å²) in [7, 11) is 2.88. The number of anilines is 1. The third kappa shape index (κ3) is 5.12. The van der Waals surface area contributed by atoms with E-state index in [1.165, 1.54) is 20.4 Å². The molecule has 1 heterocycles. The number of H-pyrrole nitrogens is 1. The van der Waals surface area contributed by atoms with Crippen LogP contribution in [0.1, 0.15) is 11.1 Å². The average molecular weight is 489 g/mol. The summed E-state index contributed by atoms with van der Waals surface area (Å²) in [5, 5.41) is 7.18. The van der Waals surface area contributed by atoms with E-state index in [1.807, 2.05) is 25.1 Å². The van der Waals surface area contributed by atoms with Gasteiger partial charge in [-0.05, 0) is 42.8 Å². The van der Waals surface area contributed by atoms with Crippen LogP contribution in [0.4, 0.5) is 5.69 Å². The second kappa shape index (κ2) is 10.6. The van der Waals surface area contributed by atoms with Crippen LogP contribution in [0.5, 0.6) is 17.2 Å². The van der Waals surface area contributed by atoms with Crippen LogP contribution < -0.4 is 30.8 Å². The van der Waals surface area contributed by atoms with Gasteiger partial charge in [0.25, 0.3) is 11.5 Å². The lowest BCUT2D eigenvalue weighted by molar-refractivity contribution is -0.118. The highest BCUT2D eigenvalue weighted by Crippen LogP contribution is 2.38. The number of ether oxygens (including phenoxy) is 3. The summed E-state index contributed by atoms with van der Waals surface area (Å²) in [6.07, 6.45) is 1.32. The maximum absolute atomic E-state index is 12.7. The number of aryl methyl sites for hydroxylation is 1. The highest BCUT2D eigenvalue weighted by Gasteiger charge is 2.16. The number of para-hydroxylation sites is 2. The van der Waals surface area contributed by atoms with Gasteiger partial charge < -0.3 is 24.5 Å². The first-order valence-electron chi connectivity index (χ1n) is 10.9. The van der Waals surface area contributed by atoms with Crippen LogP contribution in [-0.2, 0) is 4.79 Å². The van der Waals surface area contributed by atoms with Crippen LogP contribution in [0.3, 0.4) is 0 Å². The largest absolute Gasteiger partial charge is 0.493 e. The van der Waals surface area contributed by atoms with Crippen molar-refractivity contribution in [3.05, 3.63) is 92.6 Å². The molecule has 0 radical (unpaired) electrons. The van der Waals surface area contributed by atoms with Crippen molar-refractivity contribution in [1.29, 1.82) is 0 Å². The molecule has 0 fully saturated rings. The maximum Gasteiger partial charge on any atom is 0.349 e. The number of nitrogens with one attached hydrogen (secondary N) is 2. The fourth-order valence-electron chi connectivity index (χ4n) is 3.54. The number of hydrogen-bond donors (Lipinski definition) is 2. The minimum absolute atomic E-state index is 0.220. The zero-order valence-corrected chi connectivity index (χ0v) is 19.9. The van der Waals surface area contributed by atoms with Crippen molar-refractivity contribution in [2.75, 3.05) is 26.1 Å². The van der Waals surface area contributed by atoms with Crippen LogP contribution in [0.15, 0.2) is 75.4 Å². The molecule has 0 aliphatic carbocycles. The molecule has 0 bridgehead atoms. The van der Waals surface area contributed by atoms with E-state index in [-0.39, 0.29) is 29.8 Å². The molecule has 1 aromatic heterocycles. The summed E-state index contributed by atoms with van der Waals surface area (Å²) >= 11 is 0. The number of carbonyl (C=O) groups excluding carboxylic acids is 1. The van der Waals surface area contributed by atoms with Gasteiger partial charge in [-0.15, -0.1) is 4.68 Å². The molecule has 0 aliphatic rings. The molecule has 1 amide bonds. The Balaban J connectivity index is 1.58. The molecule has 0 atom stereocenters. The molecule has 36 heavy (non-hydrogen) atoms. The third-order valence-corrected chi connectivity index (χ3v) is 5.36. The highest BCUT2D eigenvalue weighted by atomic mass is 16.5. The minimum Gasteiger partial charge on any atom is -0.493 e. The van der Waals surface area contributed by atoms with Crippen molar-refractivity contribution in [3.63, 3.8) is 0 Å². The summed E-state index contributed by atoms with van der Waals surface area (Å²) in [6.45, 7) is 1.61. The van der Waals surface area contributed by atoms with Crippen molar-refractivity contribution in [3.8, 4) is 17.2 Å². The molecule has 0 unspecified atom stereocenters. The van der Waals surface area contributed by atoms with E-state index in [9.17, 15) is 14.4 Å². The summed E-state index contributed by atoms with van der Waals surface area (Å²) < 4.78 is 17.3. The summed E-state index contributed by atoms with van der Waals surface area (Å²) in [5.74, 6) is 0.422. The van der Waals surface area contributed by atoms with Crippen LogP contribution in [0.25, 0.3) is 10.9 Å². The molecule has 10 nitrogen and oxygen atoms in total. The normalized spacial score (nSPS) is 11.0. The minimum atomic E-state index is -0.673. The Morgan fingerprint density at radius 3 is 2.39 bits per heavy atom. The number of carbonyl (C=O) groups is 1. The van der Waals surface area contributed by atoms with E-state index in [1.54, 1.807) is 42.5 Å². The van der Waals surface area contributed by atoms with Crippen molar-refractivity contribution in [2.24, 2.45) is 5.10 Å². The lowest BCUT2D eigenvalue weighted by Gasteiger charge is -2.15. The summed E-state index contributed by atoms with van der Waals surface area (Å²) in [5.41, 5.74) is 1.29. The Morgan fingerprint density at radius 1 is 1.03 bits per heavy atom. The fourth-order valence-corrected chi connectivity index (χ4v) is 3.54. The molecular formula is C26H24N4O6. The standard InChI is InChI=1S/C26H24N4O6/c1-16-8-4-6-10-19(16)28-23(31)15-36-24-21(34-2)12-17(13-22(24)35-3)14-27-30-25(32)18-9-5-7-11-20(18)29-26(30)33/h4-14H,15H2,1-3H3,(H,28,31)(H,29,33). The van der Waals surface area contributed by atoms with Gasteiger partial charge in [0.1, 0.15) is 0 Å². The van der Waals surface area contributed by atoms with Crippen LogP contribution >= 0.6 is 0 Å². The molecule has 0 saturated heterocycles. The first kappa shape index (κ1) is 24.3. The van der Waals surface area contributed by atoms with E-state index >= 15 is 0 Å². The number of benzene rings is 3. The Bertz CT molecular complexity index is 1550. The summed E-state index contributed by atoms with van der Waals surface area (Å²) in [4.78, 5) is 40.1. The van der Waals surface area contributed by atoms with Gasteiger partial charge in [-0.25, -0.2) is 4.79 Å². The number of hydrogen-bond acceptors (Lipinski definition) is 7. The Labute approximate surface area is 205 Å². The molecule has 0 aliphatic heterocycles. The van der Waals surface area contributed by atoms with E-state index in [0.717, 1.165) is 10.2 Å². The predicted molar refractivity (Wildman–Crippen MR) is 137 cm³/mol. The number of methoxy groups -OCH3 is 2. The smallest absolute Gasteiger partial charge is 0.349 e. The zero-order valence-electron chi connectivity index (χ0n) is 19.9. The number of amides is 1. The van der Waals surface area contributed by atoms with Crippen LogP contribution in [0, 0.1) is 6.92 Å². The Morgan fingerprint density at radius 2 is 1.69 bits per heavy atom. The third-order valence-electron chi connectivity index (χ3n) is 5.36. The van der Waals surface area contributed by atoms with Crippen molar-refractivity contribution in [1.82, 2.24) is 9.66 Å². The zero-order chi connectivity index (χ0) is 25.7. The van der Waals surface area contributed by atoms with Crippen LogP contribution in [-0.4, -0.2) is 42.6 Å². The molecule has 10 heteroatoms. The second-order valence-corrected chi connectivity index (χ2v) is 7.74. The maximum atomic E-state index is 12.7. The number of rotatable bonds is 8. The topological polar surface area (TPSA) is 124 Å². The lowest BCUT2D eigenvalue weighted by Crippen LogP contribution is -2.32. The SMILES string of the molecule is COc1cc(C=Nn2c(=O)[nH]c3ccccc3c2=O)cc(OC)c1OCC(=O)Nc1ccccc1C. The Kier molecular flexibility index (Phi) is 7.15. The van der Waals surface area contributed by atoms with Gasteiger partial charge in [0.15, 0.2) is 18.1 Å². The van der Waals surface area contributed by atoms with Gasteiger partial charge in [0.2, 0.25) is 5.75 Å². The van der Waals surface area contributed by atoms with E-state index < -0.39 is 11.2 Å². The number of fused-ring (bicyclic) bond motifs is 1. The molecule has 184 valence electrons. The predicted octanol–water partition coefficient (Wildman–Crippen LogP) is 2.92. The van der Waals surface area contributed by atoms with E-state index in [4.69, 9.17) is 14.2 Å². The van der Waals surface area contributed by atoms with Gasteiger partial charge >= 0.3 is 5.69 Å². The van der Waals surface area contributed by atoms with Gasteiger partial charge in [-0.3, -0.25) is 9.59 Å². The van der Waals surface area contributed by atoms with Crippen LogP contribution in [0.2, 0.25) is 0 Å². The average Bonchev–Trinajstić information content (AvgIpc) is 2.88. The monoisotopic (exact) mass is 488 g/mol. The van der Waals surface area contributed by atoms with Crippen molar-refractivity contribution >= 4 is 28.7 Å². The fraction of sp³-hybridized carbons (Fsp3) is 0.154. The second-order valence-electron chi connectivity index (χ2n) is 7.74. The molecule has 3 aromatic carbocycles. The van der Waals surface area contributed by atoms with E-state index in [2.05, 4.69) is 15.4 Å². The first-order chi connectivity index (χ1) is 17.4. The molecule has 2 N–H and O–H groups in total. The lowest BCUT2D eigenvalue weighted by atomic mass is 10.2. The molecular weight excluding hydrogens is 464 g/mol. The molecule has 4 rings (SSSR count).